The molecule has 0 saturated carbocycles. The van der Waals surface area contributed by atoms with E-state index in [0.29, 0.717) is 23.0 Å². The fraction of sp³-hybridized carbons (Fsp3) is 0.0833. The van der Waals surface area contributed by atoms with Gasteiger partial charge in [0.2, 0.25) is 0 Å². The van der Waals surface area contributed by atoms with E-state index in [1.165, 1.54) is 11.8 Å². The van der Waals surface area contributed by atoms with Crippen molar-refractivity contribution in [3.05, 3.63) is 87.2 Å². The van der Waals surface area contributed by atoms with Crippen molar-refractivity contribution in [2.24, 2.45) is 0 Å². The van der Waals surface area contributed by atoms with Crippen LogP contribution in [-0.4, -0.2) is 12.1 Å². The number of allylic oxidation sites excluding steroid dienone is 1. The monoisotopic (exact) mass is 508 g/mol. The highest BCUT2D eigenvalue weighted by Gasteiger charge is 2.09. The van der Waals surface area contributed by atoms with Crippen molar-refractivity contribution >= 4 is 55.3 Å². The Hall–Kier alpha value is -2.79. The van der Waals surface area contributed by atoms with Gasteiger partial charge in [0, 0.05) is 4.47 Å². The first-order chi connectivity index (χ1) is 15.1. The molecular weight excluding hydrogens is 492 g/mol. The van der Waals surface area contributed by atoms with Crippen molar-refractivity contribution < 1.29 is 9.47 Å². The summed E-state index contributed by atoms with van der Waals surface area (Å²) >= 11 is 6.38. The van der Waals surface area contributed by atoms with Crippen molar-refractivity contribution in [1.82, 2.24) is 4.98 Å². The number of aromatic nitrogens is 1. The number of para-hydroxylation sites is 1. The smallest absolute Gasteiger partial charge is 0.161 e. The molecule has 154 valence electrons. The Morgan fingerprint density at radius 1 is 1.13 bits per heavy atom. The molecule has 31 heavy (non-hydrogen) atoms. The molecule has 0 radical (unpaired) electrons. The normalized spacial score (nSPS) is 11.3. The molecule has 0 aliphatic heterocycles. The van der Waals surface area contributed by atoms with Crippen molar-refractivity contribution in [3.8, 4) is 17.6 Å². The van der Waals surface area contributed by atoms with E-state index in [-0.39, 0.29) is 0 Å². The van der Waals surface area contributed by atoms with E-state index < -0.39 is 0 Å². The van der Waals surface area contributed by atoms with Gasteiger partial charge in [-0.25, -0.2) is 4.98 Å². The number of nitrogens with zero attached hydrogens (tertiary/aromatic N) is 2. The molecule has 4 aromatic rings. The van der Waals surface area contributed by atoms with Crippen LogP contribution in [0.3, 0.4) is 0 Å². The predicted octanol–water partition coefficient (Wildman–Crippen LogP) is 7.30. The van der Waals surface area contributed by atoms with E-state index in [1.807, 2.05) is 72.8 Å². The van der Waals surface area contributed by atoms with Crippen molar-refractivity contribution in [2.75, 3.05) is 7.11 Å². The van der Waals surface area contributed by atoms with E-state index in [4.69, 9.17) is 9.47 Å². The van der Waals surface area contributed by atoms with Gasteiger partial charge in [-0.3, -0.25) is 0 Å². The number of hydrogen-bond donors (Lipinski definition) is 0. The maximum atomic E-state index is 9.61. The van der Waals surface area contributed by atoms with Crippen LogP contribution >= 0.6 is 39.0 Å². The van der Waals surface area contributed by atoms with Crippen LogP contribution in [0, 0.1) is 11.3 Å². The third-order valence-electron chi connectivity index (χ3n) is 4.37. The molecule has 0 saturated heterocycles. The van der Waals surface area contributed by atoms with Crippen LogP contribution in [0.2, 0.25) is 0 Å². The largest absolute Gasteiger partial charge is 0.493 e. The van der Waals surface area contributed by atoms with Gasteiger partial charge in [0.1, 0.15) is 12.7 Å². The van der Waals surface area contributed by atoms with E-state index in [1.54, 1.807) is 18.4 Å². The third kappa shape index (κ3) is 5.47. The molecule has 0 atom stereocenters. The second kappa shape index (κ2) is 10.0. The van der Waals surface area contributed by atoms with Crippen molar-refractivity contribution in [2.45, 2.75) is 10.9 Å². The molecule has 3 aromatic carbocycles. The summed E-state index contributed by atoms with van der Waals surface area (Å²) in [5, 5.41) is 9.61. The number of thiazole rings is 1. The lowest BCUT2D eigenvalue weighted by atomic mass is 10.2. The number of ether oxygens (including phenoxy) is 2. The zero-order valence-electron chi connectivity index (χ0n) is 16.5. The highest BCUT2D eigenvalue weighted by molar-refractivity contribution is 9.10. The molecule has 1 aromatic heterocycles. The van der Waals surface area contributed by atoms with Gasteiger partial charge in [-0.2, -0.15) is 5.26 Å². The summed E-state index contributed by atoms with van der Waals surface area (Å²) in [6.07, 6.45) is 1.83. The molecule has 0 aliphatic rings. The van der Waals surface area contributed by atoms with E-state index >= 15 is 0 Å². The Kier molecular flexibility index (Phi) is 6.92. The van der Waals surface area contributed by atoms with Crippen LogP contribution in [-0.2, 0) is 6.61 Å². The van der Waals surface area contributed by atoms with Crippen molar-refractivity contribution in [3.63, 3.8) is 0 Å². The number of fused-ring (bicyclic) bond motifs is 1. The number of nitriles is 1. The molecule has 0 fully saturated rings. The quantitative estimate of drug-likeness (QED) is 0.193. The summed E-state index contributed by atoms with van der Waals surface area (Å²) in [5.41, 5.74) is 2.87. The lowest BCUT2D eigenvalue weighted by Gasteiger charge is -2.11. The average Bonchev–Trinajstić information content (AvgIpc) is 3.21. The summed E-state index contributed by atoms with van der Waals surface area (Å²) in [6.45, 7) is 0.440. The van der Waals surface area contributed by atoms with Gasteiger partial charge in [0.15, 0.2) is 15.8 Å². The molecule has 4 rings (SSSR count). The molecule has 7 heteroatoms. The summed E-state index contributed by atoms with van der Waals surface area (Å²) in [7, 11) is 1.61. The third-order valence-corrected chi connectivity index (χ3v) is 6.93. The van der Waals surface area contributed by atoms with Gasteiger partial charge in [-0.15, -0.1) is 11.3 Å². The zero-order valence-corrected chi connectivity index (χ0v) is 19.8. The van der Waals surface area contributed by atoms with Gasteiger partial charge < -0.3 is 9.47 Å². The lowest BCUT2D eigenvalue weighted by Crippen LogP contribution is -1.97. The molecular formula is C24H17BrN2O2S2. The average molecular weight is 509 g/mol. The lowest BCUT2D eigenvalue weighted by molar-refractivity contribution is 0.284. The molecule has 0 amide bonds. The molecule has 0 bridgehead atoms. The number of benzene rings is 3. The molecule has 0 spiro atoms. The van der Waals surface area contributed by atoms with Crippen LogP contribution in [0.5, 0.6) is 11.5 Å². The topological polar surface area (TPSA) is 55.1 Å². The standard InChI is InChI=1S/C24H17BrN2O2S2/c1-28-22-13-17(8-11-21(22)29-15-16-6-9-18(25)10-7-16)12-19(14-26)30-24-27-20-4-2-3-5-23(20)31-24/h2-13H,15H2,1H3/b19-12+. The summed E-state index contributed by atoms with van der Waals surface area (Å²) in [5.74, 6) is 1.27. The van der Waals surface area contributed by atoms with E-state index in [2.05, 4.69) is 27.0 Å². The molecule has 0 unspecified atom stereocenters. The maximum Gasteiger partial charge on any atom is 0.161 e. The first kappa shape index (κ1) is 21.4. The number of methoxy groups -OCH3 is 1. The summed E-state index contributed by atoms with van der Waals surface area (Å²) < 4.78 is 14.4. The van der Waals surface area contributed by atoms with Crippen LogP contribution in [0.1, 0.15) is 11.1 Å². The number of rotatable bonds is 7. The number of hydrogen-bond acceptors (Lipinski definition) is 6. The highest BCUT2D eigenvalue weighted by Crippen LogP contribution is 2.35. The second-order valence-electron chi connectivity index (χ2n) is 6.50. The van der Waals surface area contributed by atoms with Gasteiger partial charge in [-0.05, 0) is 65.4 Å². The van der Waals surface area contributed by atoms with Crippen LogP contribution in [0.25, 0.3) is 16.3 Å². The highest BCUT2D eigenvalue weighted by atomic mass is 79.9. The molecule has 0 N–H and O–H groups in total. The molecule has 0 aliphatic carbocycles. The summed E-state index contributed by atoms with van der Waals surface area (Å²) in [6, 6.07) is 23.8. The SMILES string of the molecule is COc1cc(/C=C(\C#N)Sc2nc3ccccc3s2)ccc1OCc1ccc(Br)cc1. The van der Waals surface area contributed by atoms with Gasteiger partial charge in [-0.1, -0.05) is 46.3 Å². The summed E-state index contributed by atoms with van der Waals surface area (Å²) in [4.78, 5) is 5.15. The number of halogens is 1. The molecule has 1 heterocycles. The zero-order chi connectivity index (χ0) is 21.6. The van der Waals surface area contributed by atoms with Gasteiger partial charge in [0.05, 0.1) is 22.2 Å². The first-order valence-electron chi connectivity index (χ1n) is 9.35. The van der Waals surface area contributed by atoms with Gasteiger partial charge in [0.25, 0.3) is 0 Å². The van der Waals surface area contributed by atoms with Crippen LogP contribution in [0.4, 0.5) is 0 Å². The Morgan fingerprint density at radius 2 is 1.94 bits per heavy atom. The minimum Gasteiger partial charge on any atom is -0.493 e. The van der Waals surface area contributed by atoms with Crippen LogP contribution < -0.4 is 9.47 Å². The minimum absolute atomic E-state index is 0.440. The van der Waals surface area contributed by atoms with Crippen LogP contribution in [0.15, 0.2) is 80.4 Å². The minimum atomic E-state index is 0.440. The molecule has 4 nitrogen and oxygen atoms in total. The van der Waals surface area contributed by atoms with Crippen molar-refractivity contribution in [1.29, 1.82) is 5.26 Å². The Balaban J connectivity index is 1.50. The fourth-order valence-corrected chi connectivity index (χ4v) is 5.10. The fourth-order valence-electron chi connectivity index (χ4n) is 2.86. The predicted molar refractivity (Wildman–Crippen MR) is 131 cm³/mol. The Morgan fingerprint density at radius 3 is 2.68 bits per heavy atom. The van der Waals surface area contributed by atoms with E-state index in [9.17, 15) is 5.26 Å². The van der Waals surface area contributed by atoms with E-state index in [0.717, 1.165) is 30.2 Å². The number of thioether (sulfide) groups is 1. The Labute approximate surface area is 197 Å². The Bertz CT molecular complexity index is 1240. The maximum absolute atomic E-state index is 9.61. The first-order valence-corrected chi connectivity index (χ1v) is 11.8. The van der Waals surface area contributed by atoms with Gasteiger partial charge >= 0.3 is 0 Å². The second-order valence-corrected chi connectivity index (χ2v) is 9.73.